The number of nitrogens with zero attached hydrogens (tertiary/aromatic N) is 2. The van der Waals surface area contributed by atoms with Gasteiger partial charge in [0.15, 0.2) is 0 Å². The molecular formula is C12H16N2O4. The zero-order valence-electron chi connectivity index (χ0n) is 10.8. The van der Waals surface area contributed by atoms with Crippen molar-refractivity contribution in [2.24, 2.45) is 0 Å². The van der Waals surface area contributed by atoms with E-state index in [4.69, 9.17) is 9.84 Å². The van der Waals surface area contributed by atoms with Gasteiger partial charge in [0.1, 0.15) is 5.60 Å². The number of carboxylic acid groups (broad SMARTS) is 1. The first kappa shape index (κ1) is 14.0. The fraction of sp³-hybridized carbons (Fsp3) is 0.417. The van der Waals surface area contributed by atoms with Gasteiger partial charge in [-0.3, -0.25) is 9.88 Å². The summed E-state index contributed by atoms with van der Waals surface area (Å²) in [7, 11) is 1.50. The largest absolute Gasteiger partial charge is 0.478 e. The van der Waals surface area contributed by atoms with Crippen molar-refractivity contribution >= 4 is 17.7 Å². The topological polar surface area (TPSA) is 79.7 Å². The second-order valence-electron chi connectivity index (χ2n) is 4.78. The zero-order valence-corrected chi connectivity index (χ0v) is 10.8. The van der Waals surface area contributed by atoms with Crippen molar-refractivity contribution in [1.82, 2.24) is 4.98 Å². The predicted molar refractivity (Wildman–Crippen MR) is 65.8 cm³/mol. The molecule has 1 amide bonds. The van der Waals surface area contributed by atoms with Crippen LogP contribution in [0.3, 0.4) is 0 Å². The number of carbonyl (C=O) groups excluding carboxylic acids is 1. The van der Waals surface area contributed by atoms with Gasteiger partial charge >= 0.3 is 12.1 Å². The van der Waals surface area contributed by atoms with E-state index in [1.54, 1.807) is 20.8 Å². The van der Waals surface area contributed by atoms with Gasteiger partial charge in [-0.05, 0) is 26.8 Å². The van der Waals surface area contributed by atoms with Crippen molar-refractivity contribution in [1.29, 1.82) is 0 Å². The van der Waals surface area contributed by atoms with Gasteiger partial charge in [0.05, 0.1) is 17.4 Å². The summed E-state index contributed by atoms with van der Waals surface area (Å²) in [6, 6.07) is 1.36. The van der Waals surface area contributed by atoms with E-state index in [2.05, 4.69) is 4.98 Å². The van der Waals surface area contributed by atoms with Gasteiger partial charge in [-0.15, -0.1) is 0 Å². The molecule has 0 unspecified atom stereocenters. The van der Waals surface area contributed by atoms with Gasteiger partial charge in [-0.1, -0.05) is 0 Å². The van der Waals surface area contributed by atoms with Crippen LogP contribution >= 0.6 is 0 Å². The van der Waals surface area contributed by atoms with E-state index in [1.165, 1.54) is 30.4 Å². The number of carbonyl (C=O) groups is 2. The number of ether oxygens (including phenoxy) is 1. The zero-order chi connectivity index (χ0) is 13.9. The molecule has 1 N–H and O–H groups in total. The van der Waals surface area contributed by atoms with Crippen LogP contribution in [-0.2, 0) is 4.74 Å². The van der Waals surface area contributed by atoms with Gasteiger partial charge in [-0.2, -0.15) is 0 Å². The lowest BCUT2D eigenvalue weighted by atomic mass is 10.2. The number of rotatable bonds is 2. The SMILES string of the molecule is CN(C(=O)OC(C)(C)C)c1cncc(C(=O)O)c1. The Kier molecular flexibility index (Phi) is 3.90. The number of anilines is 1. The predicted octanol–water partition coefficient (Wildman–Crippen LogP) is 2.15. The molecule has 98 valence electrons. The molecule has 0 aliphatic carbocycles. The summed E-state index contributed by atoms with van der Waals surface area (Å²) in [5.74, 6) is -1.10. The van der Waals surface area contributed by atoms with Crippen LogP contribution in [0.15, 0.2) is 18.5 Å². The Bertz CT molecular complexity index is 465. The average molecular weight is 252 g/mol. The Hall–Kier alpha value is -2.11. The van der Waals surface area contributed by atoms with E-state index < -0.39 is 17.7 Å². The summed E-state index contributed by atoms with van der Waals surface area (Å²) >= 11 is 0. The Morgan fingerprint density at radius 1 is 1.33 bits per heavy atom. The number of aromatic nitrogens is 1. The lowest BCUT2D eigenvalue weighted by molar-refractivity contribution is 0.0587. The molecule has 1 aromatic heterocycles. The first-order chi connectivity index (χ1) is 8.20. The molecule has 0 atom stereocenters. The molecule has 18 heavy (non-hydrogen) atoms. The van der Waals surface area contributed by atoms with Gasteiger partial charge in [0.2, 0.25) is 0 Å². The van der Waals surface area contributed by atoms with Crippen molar-refractivity contribution in [3.8, 4) is 0 Å². The Morgan fingerprint density at radius 2 is 1.94 bits per heavy atom. The third kappa shape index (κ3) is 3.73. The highest BCUT2D eigenvalue weighted by Crippen LogP contribution is 2.17. The summed E-state index contributed by atoms with van der Waals surface area (Å²) in [5.41, 5.74) is -0.226. The van der Waals surface area contributed by atoms with Gasteiger partial charge in [-0.25, -0.2) is 9.59 Å². The van der Waals surface area contributed by atoms with E-state index in [0.717, 1.165) is 0 Å². The van der Waals surface area contributed by atoms with Gasteiger partial charge in [0, 0.05) is 13.2 Å². The Labute approximate surface area is 105 Å². The number of pyridine rings is 1. The van der Waals surface area contributed by atoms with Crippen molar-refractivity contribution in [3.05, 3.63) is 24.0 Å². The minimum atomic E-state index is -1.10. The van der Waals surface area contributed by atoms with Crippen LogP contribution in [0.4, 0.5) is 10.5 Å². The molecule has 0 bridgehead atoms. The normalized spacial score (nSPS) is 10.9. The highest BCUT2D eigenvalue weighted by Gasteiger charge is 2.21. The van der Waals surface area contributed by atoms with E-state index in [1.807, 2.05) is 0 Å². The minimum Gasteiger partial charge on any atom is -0.478 e. The maximum absolute atomic E-state index is 11.8. The molecule has 6 heteroatoms. The summed E-state index contributed by atoms with van der Waals surface area (Å²) in [5, 5.41) is 8.84. The van der Waals surface area contributed by atoms with Crippen LogP contribution in [0, 0.1) is 0 Å². The van der Waals surface area contributed by atoms with Crippen LogP contribution in [0.5, 0.6) is 0 Å². The second-order valence-corrected chi connectivity index (χ2v) is 4.78. The number of carboxylic acids is 1. The van der Waals surface area contributed by atoms with E-state index in [0.29, 0.717) is 5.69 Å². The van der Waals surface area contributed by atoms with Crippen molar-refractivity contribution in [2.45, 2.75) is 26.4 Å². The van der Waals surface area contributed by atoms with Gasteiger partial charge in [0.25, 0.3) is 0 Å². The standard InChI is InChI=1S/C12H16N2O4/c1-12(2,3)18-11(17)14(4)9-5-8(10(15)16)6-13-7-9/h5-7H,1-4H3,(H,15,16). The van der Waals surface area contributed by atoms with E-state index >= 15 is 0 Å². The summed E-state index contributed by atoms with van der Waals surface area (Å²) in [4.78, 5) is 27.6. The molecular weight excluding hydrogens is 236 g/mol. The molecule has 0 aliphatic rings. The highest BCUT2D eigenvalue weighted by molar-refractivity contribution is 5.91. The molecule has 0 radical (unpaired) electrons. The minimum absolute atomic E-state index is 0.0166. The molecule has 0 aliphatic heterocycles. The third-order valence-electron chi connectivity index (χ3n) is 2.03. The maximum atomic E-state index is 11.8. The van der Waals surface area contributed by atoms with E-state index in [-0.39, 0.29) is 5.56 Å². The molecule has 0 aromatic carbocycles. The van der Waals surface area contributed by atoms with Crippen LogP contribution in [0.25, 0.3) is 0 Å². The number of hydrogen-bond acceptors (Lipinski definition) is 4. The third-order valence-corrected chi connectivity index (χ3v) is 2.03. The fourth-order valence-corrected chi connectivity index (χ4v) is 1.16. The monoisotopic (exact) mass is 252 g/mol. The first-order valence-corrected chi connectivity index (χ1v) is 5.36. The quantitative estimate of drug-likeness (QED) is 0.872. The number of aromatic carboxylic acids is 1. The second kappa shape index (κ2) is 5.03. The Balaban J connectivity index is 2.90. The molecule has 1 rings (SSSR count). The van der Waals surface area contributed by atoms with Crippen molar-refractivity contribution in [2.75, 3.05) is 11.9 Å². The first-order valence-electron chi connectivity index (χ1n) is 5.36. The fourth-order valence-electron chi connectivity index (χ4n) is 1.16. The smallest absolute Gasteiger partial charge is 0.414 e. The number of amides is 1. The lowest BCUT2D eigenvalue weighted by Crippen LogP contribution is -2.34. The molecule has 0 saturated heterocycles. The molecule has 0 fully saturated rings. The van der Waals surface area contributed by atoms with Crippen molar-refractivity contribution < 1.29 is 19.4 Å². The average Bonchev–Trinajstić information content (AvgIpc) is 2.26. The van der Waals surface area contributed by atoms with Gasteiger partial charge < -0.3 is 9.84 Å². The molecule has 0 spiro atoms. The van der Waals surface area contributed by atoms with Crippen LogP contribution < -0.4 is 4.90 Å². The summed E-state index contributed by atoms with van der Waals surface area (Å²) in [6.45, 7) is 5.26. The molecule has 1 heterocycles. The highest BCUT2D eigenvalue weighted by atomic mass is 16.6. The van der Waals surface area contributed by atoms with E-state index in [9.17, 15) is 9.59 Å². The molecule has 0 saturated carbocycles. The van der Waals surface area contributed by atoms with Crippen LogP contribution in [0.2, 0.25) is 0 Å². The van der Waals surface area contributed by atoms with Crippen molar-refractivity contribution in [3.63, 3.8) is 0 Å². The molecule has 1 aromatic rings. The van der Waals surface area contributed by atoms with Crippen LogP contribution in [-0.4, -0.2) is 34.8 Å². The maximum Gasteiger partial charge on any atom is 0.414 e. The lowest BCUT2D eigenvalue weighted by Gasteiger charge is -2.24. The summed E-state index contributed by atoms with van der Waals surface area (Å²) in [6.07, 6.45) is 2.05. The summed E-state index contributed by atoms with van der Waals surface area (Å²) < 4.78 is 5.17. The number of hydrogen-bond donors (Lipinski definition) is 1. The van der Waals surface area contributed by atoms with Crippen LogP contribution in [0.1, 0.15) is 31.1 Å². The molecule has 6 nitrogen and oxygen atoms in total. The Morgan fingerprint density at radius 3 is 2.44 bits per heavy atom.